The molecule has 2 unspecified atom stereocenters. The minimum atomic E-state index is 0.304. The van der Waals surface area contributed by atoms with Gasteiger partial charge in [-0.3, -0.25) is 0 Å². The van der Waals surface area contributed by atoms with Crippen LogP contribution >= 0.6 is 0 Å². The fourth-order valence-corrected chi connectivity index (χ4v) is 3.03. The van der Waals surface area contributed by atoms with Gasteiger partial charge in [-0.2, -0.15) is 0 Å². The van der Waals surface area contributed by atoms with E-state index < -0.39 is 0 Å². The van der Waals surface area contributed by atoms with Crippen molar-refractivity contribution in [2.75, 3.05) is 27.2 Å². The van der Waals surface area contributed by atoms with Crippen LogP contribution in [0.2, 0.25) is 0 Å². The van der Waals surface area contributed by atoms with Gasteiger partial charge in [0.25, 0.3) is 0 Å². The van der Waals surface area contributed by atoms with E-state index in [0.29, 0.717) is 17.6 Å². The fourth-order valence-electron chi connectivity index (χ4n) is 3.03. The lowest BCUT2D eigenvalue weighted by Crippen LogP contribution is -2.63. The summed E-state index contributed by atoms with van der Waals surface area (Å²) < 4.78 is 5.49. The highest BCUT2D eigenvalue weighted by Crippen LogP contribution is 2.42. The molecule has 0 aromatic rings. The van der Waals surface area contributed by atoms with Crippen LogP contribution in [-0.4, -0.2) is 50.3 Å². The molecule has 1 saturated heterocycles. The predicted molar refractivity (Wildman–Crippen MR) is 66.6 cm³/mol. The van der Waals surface area contributed by atoms with E-state index in [9.17, 15) is 0 Å². The predicted octanol–water partition coefficient (Wildman–Crippen LogP) is 1.48. The van der Waals surface area contributed by atoms with Gasteiger partial charge in [0.1, 0.15) is 0 Å². The molecular weight excluding hydrogens is 200 g/mol. The number of hydrogen-bond acceptors (Lipinski definition) is 3. The molecule has 2 fully saturated rings. The van der Waals surface area contributed by atoms with Crippen LogP contribution in [-0.2, 0) is 4.74 Å². The maximum absolute atomic E-state index is 5.49. The molecule has 2 atom stereocenters. The number of nitrogens with zero attached hydrogens (tertiary/aromatic N) is 1. The minimum absolute atomic E-state index is 0.304. The van der Waals surface area contributed by atoms with E-state index in [1.54, 1.807) is 0 Å². The quantitative estimate of drug-likeness (QED) is 0.789. The summed E-state index contributed by atoms with van der Waals surface area (Å²) in [6, 6.07) is 1.36. The minimum Gasteiger partial charge on any atom is -0.381 e. The van der Waals surface area contributed by atoms with Gasteiger partial charge >= 0.3 is 0 Å². The molecule has 1 heterocycles. The summed E-state index contributed by atoms with van der Waals surface area (Å²) in [6.45, 7) is 7.10. The Hall–Kier alpha value is -0.120. The number of methoxy groups -OCH3 is 1. The van der Waals surface area contributed by atoms with Gasteiger partial charge in [0.15, 0.2) is 0 Å². The number of rotatable bonds is 3. The van der Waals surface area contributed by atoms with Crippen molar-refractivity contribution in [1.82, 2.24) is 10.2 Å². The maximum atomic E-state index is 5.49. The number of nitrogens with one attached hydrogen (secondary N) is 1. The summed E-state index contributed by atoms with van der Waals surface area (Å²) in [5, 5.41) is 3.82. The molecule has 0 radical (unpaired) electrons. The average molecular weight is 226 g/mol. The second-order valence-corrected chi connectivity index (χ2v) is 6.08. The molecule has 0 aromatic carbocycles. The Balaban J connectivity index is 1.79. The van der Waals surface area contributed by atoms with Gasteiger partial charge < -0.3 is 15.0 Å². The Morgan fingerprint density at radius 3 is 2.38 bits per heavy atom. The molecule has 2 rings (SSSR count). The Morgan fingerprint density at radius 1 is 1.25 bits per heavy atom. The summed E-state index contributed by atoms with van der Waals surface area (Å²) in [7, 11) is 4.04. The van der Waals surface area contributed by atoms with Crippen LogP contribution < -0.4 is 5.32 Å². The number of ether oxygens (including phenoxy) is 1. The molecule has 94 valence electrons. The Labute approximate surface area is 99.5 Å². The smallest absolute Gasteiger partial charge is 0.0652 e. The lowest BCUT2D eigenvalue weighted by atomic mass is 9.64. The molecule has 0 spiro atoms. The third kappa shape index (κ3) is 2.27. The zero-order chi connectivity index (χ0) is 11.8. The first-order valence-corrected chi connectivity index (χ1v) is 6.51. The van der Waals surface area contributed by atoms with Crippen molar-refractivity contribution in [3.8, 4) is 0 Å². The van der Waals surface area contributed by atoms with Crippen LogP contribution in [0.1, 0.15) is 33.1 Å². The van der Waals surface area contributed by atoms with Crippen LogP contribution in [0.15, 0.2) is 0 Å². The van der Waals surface area contributed by atoms with E-state index in [1.165, 1.54) is 32.4 Å². The highest BCUT2D eigenvalue weighted by Gasteiger charge is 2.48. The van der Waals surface area contributed by atoms with Crippen molar-refractivity contribution in [3.63, 3.8) is 0 Å². The molecule has 0 bridgehead atoms. The molecule has 3 nitrogen and oxygen atoms in total. The maximum Gasteiger partial charge on any atom is 0.0652 e. The Bertz CT molecular complexity index is 234. The first-order chi connectivity index (χ1) is 7.54. The molecule has 0 amide bonds. The highest BCUT2D eigenvalue weighted by molar-refractivity contribution is 5.03. The van der Waals surface area contributed by atoms with Gasteiger partial charge in [-0.05, 0) is 39.4 Å². The molecule has 0 aromatic heterocycles. The first kappa shape index (κ1) is 12.3. The first-order valence-electron chi connectivity index (χ1n) is 6.51. The van der Waals surface area contributed by atoms with E-state index in [0.717, 1.165) is 6.04 Å². The third-order valence-corrected chi connectivity index (χ3v) is 4.62. The molecule has 1 N–H and O–H groups in total. The molecule has 1 aliphatic carbocycles. The molecule has 1 saturated carbocycles. The number of likely N-dealkylation sites (tertiary alicyclic amines) is 1. The van der Waals surface area contributed by atoms with E-state index in [2.05, 4.69) is 31.1 Å². The van der Waals surface area contributed by atoms with Gasteiger partial charge in [-0.1, -0.05) is 13.8 Å². The van der Waals surface area contributed by atoms with Crippen molar-refractivity contribution in [3.05, 3.63) is 0 Å². The van der Waals surface area contributed by atoms with Crippen molar-refractivity contribution in [1.29, 1.82) is 0 Å². The second-order valence-electron chi connectivity index (χ2n) is 6.08. The standard InChI is InChI=1S/C13H26N2O/c1-13(2)11(9-12(13)16-4)14-10-5-7-15(3)8-6-10/h10-12,14H,5-9H2,1-4H3. The SMILES string of the molecule is COC1CC(NC2CCN(C)CC2)C1(C)C. The topological polar surface area (TPSA) is 24.5 Å². The molecular formula is C13H26N2O. The van der Waals surface area contributed by atoms with Gasteiger partial charge in [0.05, 0.1) is 6.10 Å². The summed E-state index contributed by atoms with van der Waals surface area (Å²) >= 11 is 0. The van der Waals surface area contributed by atoms with Crippen LogP contribution in [0.4, 0.5) is 0 Å². The van der Waals surface area contributed by atoms with Crippen molar-refractivity contribution in [2.45, 2.75) is 51.3 Å². The van der Waals surface area contributed by atoms with E-state index in [1.807, 2.05) is 7.11 Å². The second kappa shape index (κ2) is 4.63. The third-order valence-electron chi connectivity index (χ3n) is 4.62. The fraction of sp³-hybridized carbons (Fsp3) is 1.00. The van der Waals surface area contributed by atoms with E-state index in [-0.39, 0.29) is 0 Å². The van der Waals surface area contributed by atoms with Gasteiger partial charge in [0.2, 0.25) is 0 Å². The summed E-state index contributed by atoms with van der Waals surface area (Å²) in [5.74, 6) is 0. The number of piperidine rings is 1. The molecule has 2 aliphatic rings. The lowest BCUT2D eigenvalue weighted by molar-refractivity contribution is -0.101. The van der Waals surface area contributed by atoms with Crippen LogP contribution in [0, 0.1) is 5.41 Å². The summed E-state index contributed by atoms with van der Waals surface area (Å²) in [4.78, 5) is 2.42. The summed E-state index contributed by atoms with van der Waals surface area (Å²) in [6.07, 6.45) is 4.20. The zero-order valence-corrected chi connectivity index (χ0v) is 11.1. The number of hydrogen-bond donors (Lipinski definition) is 1. The average Bonchev–Trinajstić information content (AvgIpc) is 2.26. The van der Waals surface area contributed by atoms with Gasteiger partial charge in [-0.25, -0.2) is 0 Å². The Kier molecular flexibility index (Phi) is 3.57. The van der Waals surface area contributed by atoms with Crippen LogP contribution in [0.3, 0.4) is 0 Å². The Morgan fingerprint density at radius 2 is 1.88 bits per heavy atom. The van der Waals surface area contributed by atoms with Crippen LogP contribution in [0.25, 0.3) is 0 Å². The van der Waals surface area contributed by atoms with Crippen molar-refractivity contribution in [2.24, 2.45) is 5.41 Å². The van der Waals surface area contributed by atoms with Gasteiger partial charge in [0, 0.05) is 24.6 Å². The van der Waals surface area contributed by atoms with Crippen molar-refractivity contribution < 1.29 is 4.74 Å². The van der Waals surface area contributed by atoms with Crippen LogP contribution in [0.5, 0.6) is 0 Å². The molecule has 16 heavy (non-hydrogen) atoms. The lowest BCUT2D eigenvalue weighted by Gasteiger charge is -2.53. The highest BCUT2D eigenvalue weighted by atomic mass is 16.5. The monoisotopic (exact) mass is 226 g/mol. The molecule has 1 aliphatic heterocycles. The normalized spacial score (nSPS) is 36.0. The van der Waals surface area contributed by atoms with E-state index in [4.69, 9.17) is 4.74 Å². The van der Waals surface area contributed by atoms with E-state index >= 15 is 0 Å². The zero-order valence-electron chi connectivity index (χ0n) is 11.1. The largest absolute Gasteiger partial charge is 0.381 e. The molecule has 3 heteroatoms. The van der Waals surface area contributed by atoms with Gasteiger partial charge in [-0.15, -0.1) is 0 Å². The van der Waals surface area contributed by atoms with Crippen molar-refractivity contribution >= 4 is 0 Å². The summed E-state index contributed by atoms with van der Waals surface area (Å²) in [5.41, 5.74) is 0.304.